The van der Waals surface area contributed by atoms with Crippen LogP contribution < -0.4 is 0 Å². The molecule has 0 aliphatic carbocycles. The number of phosphoric acid groups is 1. The fourth-order valence-corrected chi connectivity index (χ4v) is 6.12. The molecule has 0 bridgehead atoms. The molecule has 0 aromatic carbocycles. The summed E-state index contributed by atoms with van der Waals surface area (Å²) in [5, 5.41) is 0. The molecule has 2 atom stereocenters. The number of hydrogen-bond acceptors (Lipinski definition) is 6. The number of quaternary nitrogens is 1. The van der Waals surface area contributed by atoms with E-state index in [4.69, 9.17) is 18.5 Å². The first-order valence-electron chi connectivity index (χ1n) is 19.3. The highest BCUT2D eigenvalue weighted by atomic mass is 31.2. The van der Waals surface area contributed by atoms with Crippen molar-refractivity contribution < 1.29 is 37.3 Å². The Bertz CT molecular complexity index is 716. The molecular formula is C37H77NO7P+. The summed E-state index contributed by atoms with van der Waals surface area (Å²) in [5.41, 5.74) is 0. The quantitative estimate of drug-likeness (QED) is 0.0305. The Morgan fingerprint density at radius 1 is 0.587 bits per heavy atom. The summed E-state index contributed by atoms with van der Waals surface area (Å²) in [7, 11) is 1.68. The van der Waals surface area contributed by atoms with E-state index in [-0.39, 0.29) is 25.8 Å². The number of esters is 1. The van der Waals surface area contributed by atoms with Crippen LogP contribution in [0.4, 0.5) is 0 Å². The summed E-state index contributed by atoms with van der Waals surface area (Å²) in [6.07, 6.45) is 29.8. The summed E-state index contributed by atoms with van der Waals surface area (Å²) >= 11 is 0. The van der Waals surface area contributed by atoms with Crippen LogP contribution in [0.5, 0.6) is 0 Å². The van der Waals surface area contributed by atoms with Gasteiger partial charge in [0.1, 0.15) is 19.3 Å². The Hall–Kier alpha value is -0.500. The fraction of sp³-hybridized carbons (Fsp3) is 0.973. The maximum atomic E-state index is 12.6. The SMILES string of the molecule is CCCCCCCCCCCCCCCCCC(=O)OC(COCCCCCCCCCCC)COP(=O)(O)OCC[N+](C)(C)C. The van der Waals surface area contributed by atoms with E-state index >= 15 is 0 Å². The zero-order valence-corrected chi connectivity index (χ0v) is 32.0. The number of phosphoric ester groups is 1. The maximum Gasteiger partial charge on any atom is 0.472 e. The number of unbranched alkanes of at least 4 members (excludes halogenated alkanes) is 22. The molecule has 1 N–H and O–H groups in total. The van der Waals surface area contributed by atoms with Gasteiger partial charge in [-0.05, 0) is 12.8 Å². The smallest absolute Gasteiger partial charge is 0.457 e. The van der Waals surface area contributed by atoms with Crippen molar-refractivity contribution in [2.75, 3.05) is 54.1 Å². The van der Waals surface area contributed by atoms with Gasteiger partial charge in [-0.1, -0.05) is 155 Å². The molecule has 0 rings (SSSR count). The van der Waals surface area contributed by atoms with Crippen molar-refractivity contribution in [3.63, 3.8) is 0 Å². The van der Waals surface area contributed by atoms with E-state index in [2.05, 4.69) is 13.8 Å². The fourth-order valence-electron chi connectivity index (χ4n) is 5.38. The predicted octanol–water partition coefficient (Wildman–Crippen LogP) is 10.5. The van der Waals surface area contributed by atoms with Crippen molar-refractivity contribution in [3.8, 4) is 0 Å². The molecule has 276 valence electrons. The highest BCUT2D eigenvalue weighted by Crippen LogP contribution is 2.43. The first kappa shape index (κ1) is 45.5. The third-order valence-corrected chi connectivity index (χ3v) is 9.40. The van der Waals surface area contributed by atoms with Crippen molar-refractivity contribution >= 4 is 13.8 Å². The Morgan fingerprint density at radius 3 is 1.43 bits per heavy atom. The Labute approximate surface area is 285 Å². The van der Waals surface area contributed by atoms with E-state index < -0.39 is 13.9 Å². The first-order chi connectivity index (χ1) is 22.1. The van der Waals surface area contributed by atoms with Crippen molar-refractivity contribution in [1.29, 1.82) is 0 Å². The van der Waals surface area contributed by atoms with E-state index in [0.717, 1.165) is 32.1 Å². The molecule has 0 amide bonds. The third kappa shape index (κ3) is 34.8. The lowest BCUT2D eigenvalue weighted by Gasteiger charge is -2.24. The second kappa shape index (κ2) is 31.7. The normalized spacial score (nSPS) is 14.0. The lowest BCUT2D eigenvalue weighted by molar-refractivity contribution is -0.870. The van der Waals surface area contributed by atoms with Gasteiger partial charge in [0.2, 0.25) is 0 Å². The summed E-state index contributed by atoms with van der Waals surface area (Å²) < 4.78 is 34.8. The van der Waals surface area contributed by atoms with Crippen molar-refractivity contribution in [3.05, 3.63) is 0 Å². The molecule has 0 aromatic rings. The first-order valence-corrected chi connectivity index (χ1v) is 20.8. The average molecular weight is 679 g/mol. The van der Waals surface area contributed by atoms with Gasteiger partial charge < -0.3 is 18.9 Å². The number of likely N-dealkylation sites (N-methyl/N-ethyl adjacent to an activating group) is 1. The Balaban J connectivity index is 4.23. The lowest BCUT2D eigenvalue weighted by Crippen LogP contribution is -2.37. The zero-order valence-electron chi connectivity index (χ0n) is 31.1. The van der Waals surface area contributed by atoms with Crippen LogP contribution >= 0.6 is 7.82 Å². The predicted molar refractivity (Wildman–Crippen MR) is 192 cm³/mol. The molecule has 0 spiro atoms. The van der Waals surface area contributed by atoms with Gasteiger partial charge in [-0.2, -0.15) is 0 Å². The van der Waals surface area contributed by atoms with E-state index in [1.165, 1.54) is 122 Å². The minimum Gasteiger partial charge on any atom is -0.457 e. The van der Waals surface area contributed by atoms with Crippen LogP contribution in [0.2, 0.25) is 0 Å². The lowest BCUT2D eigenvalue weighted by atomic mass is 10.0. The minimum absolute atomic E-state index is 0.0933. The molecule has 0 heterocycles. The summed E-state index contributed by atoms with van der Waals surface area (Å²) in [4.78, 5) is 22.7. The van der Waals surface area contributed by atoms with Crippen LogP contribution in [0.25, 0.3) is 0 Å². The zero-order chi connectivity index (χ0) is 34.2. The van der Waals surface area contributed by atoms with Crippen LogP contribution in [0.15, 0.2) is 0 Å². The van der Waals surface area contributed by atoms with E-state index in [1.807, 2.05) is 21.1 Å². The standard InChI is InChI=1S/C37H76NO7P/c1-6-8-10-12-14-16-17-18-19-20-21-22-24-26-28-30-37(39)45-36(35-44-46(40,41)43-33-31-38(3,4)5)34-42-32-29-27-25-23-15-13-11-9-7-2/h36H,6-35H2,1-5H3/p+1. The van der Waals surface area contributed by atoms with E-state index in [0.29, 0.717) is 24.1 Å². The van der Waals surface area contributed by atoms with Gasteiger partial charge in [-0.25, -0.2) is 4.57 Å². The number of carbonyl (C=O) groups excluding carboxylic acids is 1. The minimum atomic E-state index is -4.25. The van der Waals surface area contributed by atoms with Crippen LogP contribution in [-0.2, 0) is 27.9 Å². The topological polar surface area (TPSA) is 91.3 Å². The highest BCUT2D eigenvalue weighted by Gasteiger charge is 2.26. The van der Waals surface area contributed by atoms with Crippen LogP contribution in [0, 0.1) is 0 Å². The molecule has 0 saturated heterocycles. The number of carbonyl (C=O) groups is 1. The summed E-state index contributed by atoms with van der Waals surface area (Å²) in [5.74, 6) is -0.311. The van der Waals surface area contributed by atoms with Crippen molar-refractivity contribution in [2.45, 2.75) is 180 Å². The Morgan fingerprint density at radius 2 is 1.00 bits per heavy atom. The number of ether oxygens (including phenoxy) is 2. The summed E-state index contributed by atoms with van der Waals surface area (Å²) in [6.45, 7) is 5.64. The largest absolute Gasteiger partial charge is 0.472 e. The van der Waals surface area contributed by atoms with Gasteiger partial charge in [0, 0.05) is 13.0 Å². The number of rotatable bonds is 36. The van der Waals surface area contributed by atoms with E-state index in [1.54, 1.807) is 0 Å². The number of nitrogens with zero attached hydrogens (tertiary/aromatic N) is 1. The molecule has 9 heteroatoms. The highest BCUT2D eigenvalue weighted by molar-refractivity contribution is 7.47. The molecule has 2 unspecified atom stereocenters. The molecule has 0 aliphatic heterocycles. The maximum absolute atomic E-state index is 12.6. The molecule has 0 aliphatic rings. The van der Waals surface area contributed by atoms with Gasteiger partial charge in [-0.15, -0.1) is 0 Å². The van der Waals surface area contributed by atoms with Gasteiger partial charge >= 0.3 is 13.8 Å². The van der Waals surface area contributed by atoms with Crippen molar-refractivity contribution in [1.82, 2.24) is 0 Å². The second-order valence-corrected chi connectivity index (χ2v) is 15.8. The molecule has 0 radical (unpaired) electrons. The summed E-state index contributed by atoms with van der Waals surface area (Å²) in [6, 6.07) is 0. The van der Waals surface area contributed by atoms with Gasteiger partial charge in [0.15, 0.2) is 0 Å². The molecule has 8 nitrogen and oxygen atoms in total. The van der Waals surface area contributed by atoms with Gasteiger partial charge in [0.05, 0.1) is 34.4 Å². The van der Waals surface area contributed by atoms with Gasteiger partial charge in [-0.3, -0.25) is 13.8 Å². The molecule has 0 saturated carbocycles. The molecule has 0 aromatic heterocycles. The van der Waals surface area contributed by atoms with Crippen LogP contribution in [0.3, 0.4) is 0 Å². The molecule has 0 fully saturated rings. The average Bonchev–Trinajstić information content (AvgIpc) is 2.99. The molecular weight excluding hydrogens is 601 g/mol. The van der Waals surface area contributed by atoms with E-state index in [9.17, 15) is 14.3 Å². The van der Waals surface area contributed by atoms with Crippen LogP contribution in [0.1, 0.15) is 174 Å². The van der Waals surface area contributed by atoms with Gasteiger partial charge in [0.25, 0.3) is 0 Å². The monoisotopic (exact) mass is 679 g/mol. The van der Waals surface area contributed by atoms with Crippen molar-refractivity contribution in [2.24, 2.45) is 0 Å². The van der Waals surface area contributed by atoms with Crippen LogP contribution in [-0.4, -0.2) is 75.6 Å². The Kier molecular flexibility index (Phi) is 31.4. The second-order valence-electron chi connectivity index (χ2n) is 14.3. The number of hydrogen-bond donors (Lipinski definition) is 1. The third-order valence-electron chi connectivity index (χ3n) is 8.42. The molecule has 46 heavy (non-hydrogen) atoms.